The van der Waals surface area contributed by atoms with E-state index in [1.54, 1.807) is 5.57 Å². The maximum absolute atomic E-state index is 13.4. The molecule has 0 aliphatic heterocycles. The van der Waals surface area contributed by atoms with Crippen LogP contribution in [0.3, 0.4) is 0 Å². The minimum absolute atomic E-state index is 0.156. The van der Waals surface area contributed by atoms with Gasteiger partial charge in [-0.05, 0) is 139 Å². The van der Waals surface area contributed by atoms with Crippen molar-refractivity contribution < 1.29 is 14.4 Å². The molecule has 3 saturated carbocycles. The molecule has 8 heteroatoms. The van der Waals surface area contributed by atoms with Crippen molar-refractivity contribution >= 4 is 40.3 Å². The molecule has 0 radical (unpaired) electrons. The van der Waals surface area contributed by atoms with Crippen LogP contribution in [-0.4, -0.2) is 58.8 Å². The Balaban J connectivity index is 1.26. The first-order chi connectivity index (χ1) is 23.1. The monoisotopic (exact) mass is 717 g/mol. The van der Waals surface area contributed by atoms with Crippen molar-refractivity contribution in [3.8, 4) is 0 Å². The number of amides is 3. The minimum Gasteiger partial charge on any atom is -0.354 e. The molecule has 0 aromatic carbocycles. The SMILES string of the molecule is CC(C)CCCCC1CCC2C3CC=C4CC(SSCCC(=O)N(CCC(C)(C)NC=O)CCC(C)(C)NC=O)CCC4(C)C3CCC12C. The van der Waals surface area contributed by atoms with Gasteiger partial charge in [-0.25, -0.2) is 0 Å². The maximum atomic E-state index is 13.4. The Kier molecular flexibility index (Phi) is 14.6. The van der Waals surface area contributed by atoms with E-state index in [0.29, 0.717) is 48.4 Å². The van der Waals surface area contributed by atoms with E-state index in [9.17, 15) is 14.4 Å². The van der Waals surface area contributed by atoms with Gasteiger partial charge in [0.25, 0.3) is 0 Å². The van der Waals surface area contributed by atoms with Gasteiger partial charge >= 0.3 is 0 Å². The summed E-state index contributed by atoms with van der Waals surface area (Å²) in [6, 6.07) is 0. The molecule has 0 saturated heterocycles. The number of nitrogens with one attached hydrogen (secondary N) is 2. The van der Waals surface area contributed by atoms with E-state index < -0.39 is 0 Å². The highest BCUT2D eigenvalue weighted by atomic mass is 33.1. The lowest BCUT2D eigenvalue weighted by atomic mass is 9.47. The van der Waals surface area contributed by atoms with E-state index in [2.05, 4.69) is 44.4 Å². The van der Waals surface area contributed by atoms with Gasteiger partial charge in [-0.15, -0.1) is 0 Å². The van der Waals surface area contributed by atoms with Crippen LogP contribution in [0.2, 0.25) is 0 Å². The summed E-state index contributed by atoms with van der Waals surface area (Å²) in [6.45, 7) is 19.2. The van der Waals surface area contributed by atoms with Crippen LogP contribution >= 0.6 is 21.6 Å². The first kappa shape index (κ1) is 40.6. The zero-order valence-electron chi connectivity index (χ0n) is 32.4. The van der Waals surface area contributed by atoms with Crippen molar-refractivity contribution in [1.82, 2.24) is 15.5 Å². The van der Waals surface area contributed by atoms with Crippen LogP contribution in [0.25, 0.3) is 0 Å². The number of carbonyl (C=O) groups is 3. The number of hydrogen-bond donors (Lipinski definition) is 2. The molecule has 4 rings (SSSR count). The fourth-order valence-electron chi connectivity index (χ4n) is 10.3. The average Bonchev–Trinajstić information content (AvgIpc) is 3.37. The lowest BCUT2D eigenvalue weighted by Gasteiger charge is -2.58. The molecule has 0 spiro atoms. The quantitative estimate of drug-likeness (QED) is 0.0568. The van der Waals surface area contributed by atoms with Crippen LogP contribution < -0.4 is 10.6 Å². The van der Waals surface area contributed by atoms with E-state index in [0.717, 1.165) is 48.2 Å². The molecular weight excluding hydrogens is 647 g/mol. The highest BCUT2D eigenvalue weighted by molar-refractivity contribution is 8.76. The van der Waals surface area contributed by atoms with Crippen LogP contribution in [0.4, 0.5) is 0 Å². The second-order valence-corrected chi connectivity index (χ2v) is 21.2. The Morgan fingerprint density at radius 3 is 2.27 bits per heavy atom. The zero-order chi connectivity index (χ0) is 35.9. The summed E-state index contributed by atoms with van der Waals surface area (Å²) in [7, 11) is 3.89. The van der Waals surface area contributed by atoms with Crippen molar-refractivity contribution in [3.63, 3.8) is 0 Å². The molecular formula is C41H71N3O3S2. The normalized spacial score (nSPS) is 31.3. The smallest absolute Gasteiger partial charge is 0.223 e. The summed E-state index contributed by atoms with van der Waals surface area (Å²) in [6.07, 6.45) is 22.7. The summed E-state index contributed by atoms with van der Waals surface area (Å²) in [4.78, 5) is 37.5. The van der Waals surface area contributed by atoms with Gasteiger partial charge in [0, 0.05) is 41.6 Å². The second-order valence-electron chi connectivity index (χ2n) is 18.5. The van der Waals surface area contributed by atoms with Crippen LogP contribution in [0.1, 0.15) is 152 Å². The average molecular weight is 718 g/mol. The van der Waals surface area contributed by atoms with E-state index in [1.807, 2.05) is 54.2 Å². The van der Waals surface area contributed by atoms with Crippen molar-refractivity contribution in [3.05, 3.63) is 11.6 Å². The standard InChI is InChI=1S/C41H71N3O3S2/c1-30(2)11-9-10-12-31-14-16-35-34-15-13-32-27-33(17-20-41(32,8)36(34)18-21-40(31,35)7)49-48-26-19-37(47)44(24-22-38(3,4)42-28-45)25-23-39(5,6)43-29-46/h13,28-31,33-36H,9-12,14-27H2,1-8H3,(H,42,45)(H,43,46). The number of hydrogen-bond acceptors (Lipinski definition) is 5. The number of fused-ring (bicyclic) bond motifs is 5. The molecule has 49 heavy (non-hydrogen) atoms. The van der Waals surface area contributed by atoms with E-state index in [4.69, 9.17) is 0 Å². The third-order valence-corrected chi connectivity index (χ3v) is 16.6. The summed E-state index contributed by atoms with van der Waals surface area (Å²) in [5, 5.41) is 6.37. The zero-order valence-corrected chi connectivity index (χ0v) is 34.0. The summed E-state index contributed by atoms with van der Waals surface area (Å²) in [5.74, 6) is 5.43. The highest BCUT2D eigenvalue weighted by Gasteiger charge is 2.58. The Morgan fingerprint density at radius 2 is 1.63 bits per heavy atom. The molecule has 3 amide bonds. The molecule has 4 aliphatic rings. The lowest BCUT2D eigenvalue weighted by Crippen LogP contribution is -2.50. The van der Waals surface area contributed by atoms with E-state index >= 15 is 0 Å². The van der Waals surface area contributed by atoms with Crippen LogP contribution in [0, 0.1) is 40.4 Å². The van der Waals surface area contributed by atoms with Gasteiger partial charge in [-0.2, -0.15) is 0 Å². The van der Waals surface area contributed by atoms with Gasteiger partial charge in [-0.1, -0.05) is 80.2 Å². The summed E-state index contributed by atoms with van der Waals surface area (Å²) in [5.41, 5.74) is 1.95. The van der Waals surface area contributed by atoms with E-state index in [1.165, 1.54) is 77.0 Å². The summed E-state index contributed by atoms with van der Waals surface area (Å²) < 4.78 is 0. The van der Waals surface area contributed by atoms with Crippen LogP contribution in [-0.2, 0) is 14.4 Å². The minimum atomic E-state index is -0.381. The lowest BCUT2D eigenvalue weighted by molar-refractivity contribution is -0.131. The van der Waals surface area contributed by atoms with Crippen molar-refractivity contribution in [2.45, 2.75) is 168 Å². The summed E-state index contributed by atoms with van der Waals surface area (Å²) >= 11 is 0. The molecule has 0 bridgehead atoms. The van der Waals surface area contributed by atoms with Crippen LogP contribution in [0.15, 0.2) is 11.6 Å². The van der Waals surface area contributed by atoms with Crippen molar-refractivity contribution in [2.24, 2.45) is 40.4 Å². The molecule has 4 aliphatic carbocycles. The molecule has 0 aromatic heterocycles. The third kappa shape index (κ3) is 10.5. The third-order valence-electron chi connectivity index (χ3n) is 13.7. The first-order valence-electron chi connectivity index (χ1n) is 19.8. The fraction of sp³-hybridized carbons (Fsp3) is 0.878. The first-order valence-corrected chi connectivity index (χ1v) is 22.2. The molecule has 2 N–H and O–H groups in total. The highest BCUT2D eigenvalue weighted by Crippen LogP contribution is 2.67. The molecule has 0 aromatic rings. The molecule has 0 heterocycles. The molecule has 280 valence electrons. The van der Waals surface area contributed by atoms with Gasteiger partial charge in [0.15, 0.2) is 0 Å². The Labute approximate surface area is 308 Å². The topological polar surface area (TPSA) is 78.5 Å². The molecule has 3 fully saturated rings. The van der Waals surface area contributed by atoms with Gasteiger partial charge in [0.2, 0.25) is 18.7 Å². The Morgan fingerprint density at radius 1 is 0.959 bits per heavy atom. The van der Waals surface area contributed by atoms with Gasteiger partial charge in [0.1, 0.15) is 0 Å². The Bertz CT molecular complexity index is 1120. The molecule has 6 nitrogen and oxygen atoms in total. The molecule has 7 unspecified atom stereocenters. The van der Waals surface area contributed by atoms with Crippen LogP contribution in [0.5, 0.6) is 0 Å². The predicted molar refractivity (Wildman–Crippen MR) is 209 cm³/mol. The predicted octanol–water partition coefficient (Wildman–Crippen LogP) is 9.58. The van der Waals surface area contributed by atoms with Crippen molar-refractivity contribution in [1.29, 1.82) is 0 Å². The largest absolute Gasteiger partial charge is 0.354 e. The number of allylic oxidation sites excluding steroid dienone is 2. The number of nitrogens with zero attached hydrogens (tertiary/aromatic N) is 1. The van der Waals surface area contributed by atoms with Gasteiger partial charge in [-0.3, -0.25) is 14.4 Å². The van der Waals surface area contributed by atoms with Gasteiger partial charge in [0.05, 0.1) is 0 Å². The maximum Gasteiger partial charge on any atom is 0.223 e. The van der Waals surface area contributed by atoms with Crippen molar-refractivity contribution in [2.75, 3.05) is 18.8 Å². The second kappa shape index (κ2) is 17.6. The fourth-order valence-corrected chi connectivity index (χ4v) is 12.9. The Hall–Kier alpha value is -1.15. The number of unbranched alkanes of at least 4 members (excludes halogenated alkanes) is 1. The van der Waals surface area contributed by atoms with E-state index in [-0.39, 0.29) is 17.0 Å². The number of carbonyl (C=O) groups excluding carboxylic acids is 3. The molecule has 7 atom stereocenters. The number of rotatable bonds is 20. The van der Waals surface area contributed by atoms with Gasteiger partial charge < -0.3 is 15.5 Å².